The molecule has 0 radical (unpaired) electrons. The Morgan fingerprint density at radius 3 is 0.286 bits per heavy atom. The first kappa shape index (κ1) is 77.5. The zero-order chi connectivity index (χ0) is 0. The normalized spacial score (nSPS) is 0. The number of hydrogen-bond acceptors (Lipinski definition) is 0. The summed E-state index contributed by atoms with van der Waals surface area (Å²) in [4.78, 5) is 0. The number of rotatable bonds is 0. The van der Waals surface area contributed by atoms with Crippen LogP contribution >= 0.6 is 0 Å². The van der Waals surface area contributed by atoms with Crippen molar-refractivity contribution in [3.05, 3.63) is 0 Å². The van der Waals surface area contributed by atoms with Gasteiger partial charge in [0.25, 0.3) is 0 Å². The van der Waals surface area contributed by atoms with Crippen molar-refractivity contribution < 1.29 is 116 Å². The molecule has 0 saturated carbocycles. The minimum Gasteiger partial charge on any atom is 0 e. The van der Waals surface area contributed by atoms with E-state index in [-0.39, 0.29) is 116 Å². The molecule has 0 amide bonds. The molecule has 7 heteroatoms. The monoisotopic (exact) mass is 400 g/mol. The van der Waals surface area contributed by atoms with Gasteiger partial charge in [-0.25, -0.2) is 0 Å². The maximum absolute atomic E-state index is 0. The van der Waals surface area contributed by atoms with Gasteiger partial charge in [-0.3, -0.25) is 0 Å². The van der Waals surface area contributed by atoms with Gasteiger partial charge in [0.05, 0.1) is 0 Å². The van der Waals surface area contributed by atoms with E-state index in [1.54, 1.807) is 0 Å². The van der Waals surface area contributed by atoms with E-state index >= 15 is 0 Å². The smallest absolute Gasteiger partial charge is 0 e. The summed E-state index contributed by atoms with van der Waals surface area (Å²) in [5.41, 5.74) is 0. The minimum atomic E-state index is 0. The molecule has 0 bridgehead atoms. The summed E-state index contributed by atoms with van der Waals surface area (Å²) in [6.45, 7) is 0. The molecule has 0 N–H and O–H groups in total. The largest absolute Gasteiger partial charge is 0 e. The molecule has 0 aliphatic carbocycles. The molecule has 0 aromatic rings. The minimum absolute atomic E-state index is 0. The maximum Gasteiger partial charge on any atom is 0 e. The second kappa shape index (κ2) is 56.1. The van der Waals surface area contributed by atoms with Crippen molar-refractivity contribution >= 4 is 0 Å². The number of hydrogen-bond donors (Lipinski definition) is 0. The maximum atomic E-state index is 0. The van der Waals surface area contributed by atoms with Crippen LogP contribution < -0.4 is 0 Å². The standard InChI is InChI=1S/Cr.6Ni. The van der Waals surface area contributed by atoms with Gasteiger partial charge in [-0.2, -0.15) is 0 Å². The summed E-state index contributed by atoms with van der Waals surface area (Å²) < 4.78 is 0. The van der Waals surface area contributed by atoms with Gasteiger partial charge in [0.15, 0.2) is 0 Å². The molecule has 0 spiro atoms. The molecular weight excluding hydrogens is 404 g/mol. The van der Waals surface area contributed by atoms with Crippen molar-refractivity contribution in [1.82, 2.24) is 0 Å². The van der Waals surface area contributed by atoms with Crippen LogP contribution in [0.5, 0.6) is 0 Å². The van der Waals surface area contributed by atoms with Crippen molar-refractivity contribution in [2.45, 2.75) is 0 Å². The molecule has 0 unspecified atom stereocenters. The fraction of sp³-hybridized carbons (Fsp3) is 0. The molecule has 0 aromatic carbocycles. The summed E-state index contributed by atoms with van der Waals surface area (Å²) in [6.07, 6.45) is 0. The third-order valence-electron chi connectivity index (χ3n) is 0. The molecule has 0 heterocycles. The summed E-state index contributed by atoms with van der Waals surface area (Å²) in [5.74, 6) is 0. The Balaban J connectivity index is 0. The molecule has 0 nitrogen and oxygen atoms in total. The molecule has 0 aliphatic rings. The van der Waals surface area contributed by atoms with Gasteiger partial charge >= 0.3 is 0 Å². The topological polar surface area (TPSA) is 0 Å². The van der Waals surface area contributed by atoms with E-state index in [0.29, 0.717) is 0 Å². The van der Waals surface area contributed by atoms with Crippen molar-refractivity contribution in [3.8, 4) is 0 Å². The molecule has 66 valence electrons. The van der Waals surface area contributed by atoms with E-state index in [0.717, 1.165) is 0 Å². The van der Waals surface area contributed by atoms with E-state index in [4.69, 9.17) is 0 Å². The van der Waals surface area contributed by atoms with Gasteiger partial charge in [-0.15, -0.1) is 0 Å². The average Bonchev–Trinajstić information content (AvgIpc) is 0. The molecule has 0 rings (SSSR count). The summed E-state index contributed by atoms with van der Waals surface area (Å²) in [7, 11) is 0. The Hall–Kier alpha value is 3.49. The summed E-state index contributed by atoms with van der Waals surface area (Å²) in [6, 6.07) is 0. The van der Waals surface area contributed by atoms with Gasteiger partial charge in [0, 0.05) is 116 Å². The van der Waals surface area contributed by atoms with E-state index in [2.05, 4.69) is 0 Å². The second-order valence-electron chi connectivity index (χ2n) is 0. The first-order valence-corrected chi connectivity index (χ1v) is 0. The Kier molecular flexibility index (Phi) is 621. The van der Waals surface area contributed by atoms with Crippen molar-refractivity contribution in [1.29, 1.82) is 0 Å². The van der Waals surface area contributed by atoms with Crippen LogP contribution in [0.1, 0.15) is 0 Å². The van der Waals surface area contributed by atoms with Crippen molar-refractivity contribution in [2.24, 2.45) is 0 Å². The van der Waals surface area contributed by atoms with Crippen LogP contribution in [0.4, 0.5) is 0 Å². The Morgan fingerprint density at radius 2 is 0.286 bits per heavy atom. The predicted molar refractivity (Wildman–Crippen MR) is 0 cm³/mol. The average molecular weight is 404 g/mol. The van der Waals surface area contributed by atoms with Gasteiger partial charge in [0.2, 0.25) is 0 Å². The molecule has 0 atom stereocenters. The van der Waals surface area contributed by atoms with E-state index in [1.807, 2.05) is 0 Å². The first-order valence-electron chi connectivity index (χ1n) is 0. The molecule has 7 heavy (non-hydrogen) atoms. The van der Waals surface area contributed by atoms with E-state index in [9.17, 15) is 0 Å². The molecular formula is CrNi6. The van der Waals surface area contributed by atoms with Crippen LogP contribution in [-0.2, 0) is 116 Å². The van der Waals surface area contributed by atoms with E-state index < -0.39 is 0 Å². The molecule has 0 saturated heterocycles. The van der Waals surface area contributed by atoms with Gasteiger partial charge in [0.1, 0.15) is 0 Å². The zero-order valence-corrected chi connectivity index (χ0v) is 9.51. The third kappa shape index (κ3) is 43.7. The van der Waals surface area contributed by atoms with Gasteiger partial charge in [-0.05, 0) is 0 Å². The summed E-state index contributed by atoms with van der Waals surface area (Å²) in [5, 5.41) is 0. The van der Waals surface area contributed by atoms with Crippen molar-refractivity contribution in [3.63, 3.8) is 0 Å². The summed E-state index contributed by atoms with van der Waals surface area (Å²) >= 11 is 0. The fourth-order valence-corrected chi connectivity index (χ4v) is 0. The van der Waals surface area contributed by atoms with Crippen LogP contribution in [0, 0.1) is 0 Å². The SMILES string of the molecule is [Cr].[Ni].[Ni].[Ni].[Ni].[Ni].[Ni]. The van der Waals surface area contributed by atoms with Crippen LogP contribution in [0.3, 0.4) is 0 Å². The Labute approximate surface area is 115 Å². The van der Waals surface area contributed by atoms with E-state index in [1.165, 1.54) is 0 Å². The first-order chi connectivity index (χ1) is 0. The van der Waals surface area contributed by atoms with Crippen LogP contribution in [0.2, 0.25) is 0 Å². The van der Waals surface area contributed by atoms with Crippen LogP contribution in [0.15, 0.2) is 0 Å². The van der Waals surface area contributed by atoms with Crippen LogP contribution in [0.25, 0.3) is 0 Å². The molecule has 0 aromatic heterocycles. The van der Waals surface area contributed by atoms with Crippen LogP contribution in [-0.4, -0.2) is 0 Å². The third-order valence-corrected chi connectivity index (χ3v) is 0. The molecule has 0 fully saturated rings. The fourth-order valence-electron chi connectivity index (χ4n) is 0. The Morgan fingerprint density at radius 1 is 0.286 bits per heavy atom. The quantitative estimate of drug-likeness (QED) is 0.499. The molecule has 0 aliphatic heterocycles. The predicted octanol–water partition coefficient (Wildman–Crippen LogP) is -0.0175. The second-order valence-corrected chi connectivity index (χ2v) is 0. The van der Waals surface area contributed by atoms with Gasteiger partial charge in [-0.1, -0.05) is 0 Å². The Bertz CT molecular complexity index is 4.14. The van der Waals surface area contributed by atoms with Gasteiger partial charge < -0.3 is 0 Å². The zero-order valence-electron chi connectivity index (χ0n) is 2.31. The van der Waals surface area contributed by atoms with Crippen molar-refractivity contribution in [2.75, 3.05) is 0 Å².